The van der Waals surface area contributed by atoms with Gasteiger partial charge in [-0.15, -0.1) is 0 Å². The quantitative estimate of drug-likeness (QED) is 0.857. The minimum absolute atomic E-state index is 0.200. The Bertz CT molecular complexity index is 511. The number of carbonyl (C=O) groups excluding carboxylic acids is 1. The van der Waals surface area contributed by atoms with Gasteiger partial charge in [-0.25, -0.2) is 0 Å². The number of piperidine rings is 1. The summed E-state index contributed by atoms with van der Waals surface area (Å²) in [7, 11) is 0. The Kier molecular flexibility index (Phi) is 5.34. The molecular formula is C19H29N3O. The molecule has 2 heterocycles. The number of rotatable bonds is 3. The van der Waals surface area contributed by atoms with Crippen molar-refractivity contribution in [2.24, 2.45) is 0 Å². The normalized spacial score (nSPS) is 24.8. The van der Waals surface area contributed by atoms with Crippen molar-refractivity contribution in [2.75, 3.05) is 39.3 Å². The fraction of sp³-hybridized carbons (Fsp3) is 0.632. The minimum Gasteiger partial charge on any atom is -0.340 e. The highest BCUT2D eigenvalue weighted by atomic mass is 16.2. The Morgan fingerprint density at radius 2 is 1.78 bits per heavy atom. The molecule has 0 aliphatic carbocycles. The Labute approximate surface area is 140 Å². The second-order valence-electron chi connectivity index (χ2n) is 6.79. The van der Waals surface area contributed by atoms with Gasteiger partial charge in [0.2, 0.25) is 5.91 Å². The van der Waals surface area contributed by atoms with Crippen LogP contribution in [0.1, 0.15) is 38.3 Å². The molecule has 1 amide bonds. The molecule has 0 radical (unpaired) electrons. The maximum absolute atomic E-state index is 11.8. The lowest BCUT2D eigenvalue weighted by atomic mass is 9.95. The van der Waals surface area contributed by atoms with E-state index in [-0.39, 0.29) is 5.91 Å². The van der Waals surface area contributed by atoms with Crippen LogP contribution >= 0.6 is 0 Å². The molecule has 4 nitrogen and oxygen atoms in total. The van der Waals surface area contributed by atoms with Crippen LogP contribution in [0.2, 0.25) is 0 Å². The zero-order chi connectivity index (χ0) is 16.2. The second kappa shape index (κ2) is 7.45. The largest absolute Gasteiger partial charge is 0.340 e. The van der Waals surface area contributed by atoms with Gasteiger partial charge in [-0.1, -0.05) is 37.3 Å². The number of likely N-dealkylation sites (tertiary alicyclic amines) is 1. The summed E-state index contributed by atoms with van der Waals surface area (Å²) in [6, 6.07) is 11.7. The standard InChI is InChI=1S/C19H29N3O/c1-3-20-11-9-18(10-12-20)22-14-13-21(16(2)23)15-19(22)17-7-5-4-6-8-17/h4-8,18-19H,3,9-15H2,1-2H3/t19-/m0/s1. The molecule has 0 saturated carbocycles. The highest BCUT2D eigenvalue weighted by Gasteiger charge is 2.35. The van der Waals surface area contributed by atoms with Crippen molar-refractivity contribution < 1.29 is 4.79 Å². The van der Waals surface area contributed by atoms with Crippen LogP contribution in [0.5, 0.6) is 0 Å². The van der Waals surface area contributed by atoms with Crippen molar-refractivity contribution >= 4 is 5.91 Å². The van der Waals surface area contributed by atoms with Crippen LogP contribution in [0.3, 0.4) is 0 Å². The highest BCUT2D eigenvalue weighted by molar-refractivity contribution is 5.73. The maximum Gasteiger partial charge on any atom is 0.219 e. The summed E-state index contributed by atoms with van der Waals surface area (Å²) in [6.45, 7) is 10.2. The molecule has 3 rings (SSSR count). The van der Waals surface area contributed by atoms with E-state index >= 15 is 0 Å². The smallest absolute Gasteiger partial charge is 0.219 e. The number of hydrogen-bond acceptors (Lipinski definition) is 3. The minimum atomic E-state index is 0.200. The van der Waals surface area contributed by atoms with Crippen LogP contribution in [0, 0.1) is 0 Å². The van der Waals surface area contributed by atoms with Gasteiger partial charge >= 0.3 is 0 Å². The molecule has 0 bridgehead atoms. The van der Waals surface area contributed by atoms with E-state index in [1.165, 1.54) is 31.5 Å². The van der Waals surface area contributed by atoms with Crippen LogP contribution in [0.4, 0.5) is 0 Å². The maximum atomic E-state index is 11.8. The first-order valence-electron chi connectivity index (χ1n) is 8.97. The Morgan fingerprint density at radius 3 is 2.39 bits per heavy atom. The van der Waals surface area contributed by atoms with E-state index in [2.05, 4.69) is 47.1 Å². The van der Waals surface area contributed by atoms with Gasteiger partial charge in [0.25, 0.3) is 0 Å². The van der Waals surface area contributed by atoms with E-state index in [1.54, 1.807) is 6.92 Å². The van der Waals surface area contributed by atoms with Crippen molar-refractivity contribution in [3.63, 3.8) is 0 Å². The molecule has 2 aliphatic rings. The predicted molar refractivity (Wildman–Crippen MR) is 93.3 cm³/mol. The first kappa shape index (κ1) is 16.5. The van der Waals surface area contributed by atoms with E-state index in [0.29, 0.717) is 12.1 Å². The molecule has 0 spiro atoms. The van der Waals surface area contributed by atoms with Crippen molar-refractivity contribution in [3.05, 3.63) is 35.9 Å². The first-order chi connectivity index (χ1) is 11.2. The zero-order valence-electron chi connectivity index (χ0n) is 14.4. The van der Waals surface area contributed by atoms with Crippen molar-refractivity contribution in [1.29, 1.82) is 0 Å². The molecule has 2 aliphatic heterocycles. The van der Waals surface area contributed by atoms with Gasteiger partial charge in [0, 0.05) is 32.6 Å². The molecule has 126 valence electrons. The zero-order valence-corrected chi connectivity index (χ0v) is 14.4. The van der Waals surface area contributed by atoms with E-state index in [0.717, 1.165) is 26.2 Å². The molecule has 2 fully saturated rings. The van der Waals surface area contributed by atoms with Gasteiger partial charge in [-0.2, -0.15) is 0 Å². The molecule has 1 atom stereocenters. The lowest BCUT2D eigenvalue weighted by Gasteiger charge is -2.47. The third kappa shape index (κ3) is 3.75. The third-order valence-corrected chi connectivity index (χ3v) is 5.52. The topological polar surface area (TPSA) is 26.8 Å². The van der Waals surface area contributed by atoms with Gasteiger partial charge in [0.15, 0.2) is 0 Å². The lowest BCUT2D eigenvalue weighted by Crippen LogP contribution is -2.55. The third-order valence-electron chi connectivity index (χ3n) is 5.52. The summed E-state index contributed by atoms with van der Waals surface area (Å²) in [5, 5.41) is 0. The van der Waals surface area contributed by atoms with Crippen LogP contribution < -0.4 is 0 Å². The molecule has 2 saturated heterocycles. The van der Waals surface area contributed by atoms with Crippen LogP contribution in [-0.4, -0.2) is 65.9 Å². The molecule has 1 aromatic rings. The summed E-state index contributed by atoms with van der Waals surface area (Å²) < 4.78 is 0. The number of hydrogen-bond donors (Lipinski definition) is 0. The van der Waals surface area contributed by atoms with E-state index in [4.69, 9.17) is 0 Å². The van der Waals surface area contributed by atoms with Crippen LogP contribution in [0.25, 0.3) is 0 Å². The predicted octanol–water partition coefficient (Wildman–Crippen LogP) is 2.38. The molecule has 4 heteroatoms. The summed E-state index contributed by atoms with van der Waals surface area (Å²) >= 11 is 0. The van der Waals surface area contributed by atoms with E-state index < -0.39 is 0 Å². The van der Waals surface area contributed by atoms with Crippen molar-refractivity contribution in [3.8, 4) is 0 Å². The monoisotopic (exact) mass is 315 g/mol. The van der Waals surface area contributed by atoms with Crippen LogP contribution in [0.15, 0.2) is 30.3 Å². The SMILES string of the molecule is CCN1CCC(N2CCN(C(C)=O)C[C@H]2c2ccccc2)CC1. The fourth-order valence-corrected chi connectivity index (χ4v) is 4.06. The molecule has 0 N–H and O–H groups in total. The number of carbonyl (C=O) groups is 1. The Morgan fingerprint density at radius 1 is 1.09 bits per heavy atom. The second-order valence-corrected chi connectivity index (χ2v) is 6.79. The summed E-state index contributed by atoms with van der Waals surface area (Å²) in [5.41, 5.74) is 1.34. The Hall–Kier alpha value is -1.39. The average molecular weight is 315 g/mol. The molecular weight excluding hydrogens is 286 g/mol. The average Bonchev–Trinajstić information content (AvgIpc) is 2.62. The van der Waals surface area contributed by atoms with Crippen molar-refractivity contribution in [1.82, 2.24) is 14.7 Å². The summed E-state index contributed by atoms with van der Waals surface area (Å²) in [5.74, 6) is 0.200. The summed E-state index contributed by atoms with van der Waals surface area (Å²) in [4.78, 5) is 19.1. The molecule has 1 aromatic carbocycles. The fourth-order valence-electron chi connectivity index (χ4n) is 4.06. The lowest BCUT2D eigenvalue weighted by molar-refractivity contribution is -0.132. The van der Waals surface area contributed by atoms with Gasteiger partial charge < -0.3 is 9.80 Å². The number of piperazine rings is 1. The Balaban J connectivity index is 1.76. The van der Waals surface area contributed by atoms with Gasteiger partial charge in [-0.3, -0.25) is 9.69 Å². The van der Waals surface area contributed by atoms with Gasteiger partial charge in [0.1, 0.15) is 0 Å². The van der Waals surface area contributed by atoms with E-state index in [9.17, 15) is 4.79 Å². The first-order valence-corrected chi connectivity index (χ1v) is 8.97. The van der Waals surface area contributed by atoms with Gasteiger partial charge in [-0.05, 0) is 38.0 Å². The molecule has 23 heavy (non-hydrogen) atoms. The molecule has 0 unspecified atom stereocenters. The van der Waals surface area contributed by atoms with Gasteiger partial charge in [0.05, 0.1) is 6.04 Å². The van der Waals surface area contributed by atoms with E-state index in [1.807, 2.05) is 4.90 Å². The number of nitrogens with zero attached hydrogens (tertiary/aromatic N) is 3. The number of benzene rings is 1. The molecule has 0 aromatic heterocycles. The summed E-state index contributed by atoms with van der Waals surface area (Å²) in [6.07, 6.45) is 2.49. The van der Waals surface area contributed by atoms with Crippen molar-refractivity contribution in [2.45, 2.75) is 38.8 Å². The van der Waals surface area contributed by atoms with Crippen LogP contribution in [-0.2, 0) is 4.79 Å². The number of amides is 1. The highest BCUT2D eigenvalue weighted by Crippen LogP contribution is 2.31.